The lowest BCUT2D eigenvalue weighted by atomic mass is 9.80. The summed E-state index contributed by atoms with van der Waals surface area (Å²) in [5.74, 6) is 1.32. The smallest absolute Gasteiger partial charge is 0.223 e. The molecule has 18 heavy (non-hydrogen) atoms. The zero-order valence-corrected chi connectivity index (χ0v) is 11.4. The average Bonchev–Trinajstić information content (AvgIpc) is 2.46. The van der Waals surface area contributed by atoms with E-state index in [-0.39, 0.29) is 17.9 Å². The number of carbonyl (C=O) groups excluding carboxylic acids is 1. The van der Waals surface area contributed by atoms with E-state index in [1.807, 2.05) is 0 Å². The minimum atomic E-state index is 0.148. The fraction of sp³-hybridized carbons (Fsp3) is 0.929. The Balaban J connectivity index is 1.65. The minimum absolute atomic E-state index is 0.148. The second-order valence-corrected chi connectivity index (χ2v) is 5.57. The normalized spacial score (nSPS) is 33.1. The van der Waals surface area contributed by atoms with Gasteiger partial charge >= 0.3 is 0 Å². The molecule has 0 radical (unpaired) electrons. The summed E-state index contributed by atoms with van der Waals surface area (Å²) in [5, 5.41) is 6.33. The number of rotatable bonds is 4. The highest BCUT2D eigenvalue weighted by Crippen LogP contribution is 2.30. The number of amides is 1. The summed E-state index contributed by atoms with van der Waals surface area (Å²) in [6.45, 7) is 5.43. The first-order valence-electron chi connectivity index (χ1n) is 7.39. The van der Waals surface area contributed by atoms with E-state index in [4.69, 9.17) is 4.74 Å². The third kappa shape index (κ3) is 3.95. The summed E-state index contributed by atoms with van der Waals surface area (Å²) in [7, 11) is 0. The Bertz CT molecular complexity index is 257. The first-order valence-corrected chi connectivity index (χ1v) is 7.39. The standard InChI is InChI=1S/C14H26N2O2/c1-2-11-3-5-12(6-4-11)14(17)16-10-13-9-15-7-8-18-13/h11-13,15H,2-10H2,1H3,(H,16,17). The number of hydrogen-bond acceptors (Lipinski definition) is 3. The van der Waals surface area contributed by atoms with Gasteiger partial charge in [0.25, 0.3) is 0 Å². The van der Waals surface area contributed by atoms with Gasteiger partial charge in [0.05, 0.1) is 12.7 Å². The van der Waals surface area contributed by atoms with Crippen molar-refractivity contribution >= 4 is 5.91 Å². The molecular formula is C14H26N2O2. The van der Waals surface area contributed by atoms with Crippen LogP contribution >= 0.6 is 0 Å². The fourth-order valence-corrected chi connectivity index (χ4v) is 2.94. The number of hydrogen-bond donors (Lipinski definition) is 2. The van der Waals surface area contributed by atoms with Gasteiger partial charge in [-0.25, -0.2) is 0 Å². The van der Waals surface area contributed by atoms with Gasteiger partial charge in [-0.15, -0.1) is 0 Å². The van der Waals surface area contributed by atoms with Crippen LogP contribution in [0.25, 0.3) is 0 Å². The number of morpholine rings is 1. The molecule has 2 fully saturated rings. The van der Waals surface area contributed by atoms with E-state index >= 15 is 0 Å². The van der Waals surface area contributed by atoms with Gasteiger partial charge in [-0.3, -0.25) is 4.79 Å². The van der Waals surface area contributed by atoms with Gasteiger partial charge in [0.1, 0.15) is 0 Å². The van der Waals surface area contributed by atoms with E-state index in [9.17, 15) is 4.79 Å². The van der Waals surface area contributed by atoms with Crippen LogP contribution in [0.2, 0.25) is 0 Å². The Kier molecular flexibility index (Phi) is 5.45. The Labute approximate surface area is 110 Å². The Morgan fingerprint density at radius 1 is 1.33 bits per heavy atom. The number of carbonyl (C=O) groups is 1. The van der Waals surface area contributed by atoms with Crippen molar-refractivity contribution in [1.82, 2.24) is 10.6 Å². The molecule has 1 unspecified atom stereocenters. The summed E-state index contributed by atoms with van der Waals surface area (Å²) in [6, 6.07) is 0. The molecule has 0 aromatic carbocycles. The van der Waals surface area contributed by atoms with Gasteiger partial charge in [-0.2, -0.15) is 0 Å². The molecule has 1 heterocycles. The largest absolute Gasteiger partial charge is 0.374 e. The van der Waals surface area contributed by atoms with E-state index in [1.54, 1.807) is 0 Å². The van der Waals surface area contributed by atoms with Crippen LogP contribution in [-0.2, 0) is 9.53 Å². The minimum Gasteiger partial charge on any atom is -0.374 e. The van der Waals surface area contributed by atoms with Gasteiger partial charge in [0, 0.05) is 25.6 Å². The molecule has 0 bridgehead atoms. The molecule has 1 atom stereocenters. The van der Waals surface area contributed by atoms with Crippen molar-refractivity contribution in [1.29, 1.82) is 0 Å². The van der Waals surface area contributed by atoms with Crippen molar-refractivity contribution in [3.8, 4) is 0 Å². The molecule has 2 N–H and O–H groups in total. The quantitative estimate of drug-likeness (QED) is 0.795. The molecule has 1 aliphatic carbocycles. The Morgan fingerprint density at radius 3 is 2.72 bits per heavy atom. The van der Waals surface area contributed by atoms with E-state index in [0.29, 0.717) is 6.54 Å². The highest BCUT2D eigenvalue weighted by Gasteiger charge is 2.26. The molecule has 0 aromatic heterocycles. The van der Waals surface area contributed by atoms with E-state index in [2.05, 4.69) is 17.6 Å². The molecule has 1 aliphatic heterocycles. The maximum atomic E-state index is 12.0. The molecule has 2 aliphatic rings. The molecule has 0 spiro atoms. The van der Waals surface area contributed by atoms with Crippen LogP contribution < -0.4 is 10.6 Å². The second-order valence-electron chi connectivity index (χ2n) is 5.57. The summed E-state index contributed by atoms with van der Waals surface area (Å²) < 4.78 is 5.57. The van der Waals surface area contributed by atoms with Crippen LogP contribution in [0.1, 0.15) is 39.0 Å². The van der Waals surface area contributed by atoms with Crippen LogP contribution in [0.4, 0.5) is 0 Å². The van der Waals surface area contributed by atoms with Crippen molar-refractivity contribution < 1.29 is 9.53 Å². The zero-order valence-electron chi connectivity index (χ0n) is 11.4. The molecule has 4 nitrogen and oxygen atoms in total. The average molecular weight is 254 g/mol. The summed E-state index contributed by atoms with van der Waals surface area (Å²) in [5.41, 5.74) is 0. The molecule has 2 rings (SSSR count). The third-order valence-corrected chi connectivity index (χ3v) is 4.30. The fourth-order valence-electron chi connectivity index (χ4n) is 2.94. The lowest BCUT2D eigenvalue weighted by molar-refractivity contribution is -0.127. The predicted octanol–water partition coefficient (Wildman–Crippen LogP) is 1.31. The van der Waals surface area contributed by atoms with Gasteiger partial charge in [0.2, 0.25) is 5.91 Å². The molecule has 104 valence electrons. The van der Waals surface area contributed by atoms with Crippen molar-refractivity contribution in [2.24, 2.45) is 11.8 Å². The molecule has 0 aromatic rings. The van der Waals surface area contributed by atoms with Crippen molar-refractivity contribution in [2.45, 2.75) is 45.1 Å². The van der Waals surface area contributed by atoms with Gasteiger partial charge in [-0.05, 0) is 31.6 Å². The lowest BCUT2D eigenvalue weighted by Gasteiger charge is -2.28. The maximum absolute atomic E-state index is 12.0. The molecule has 1 saturated heterocycles. The highest BCUT2D eigenvalue weighted by molar-refractivity contribution is 5.78. The van der Waals surface area contributed by atoms with E-state index in [0.717, 1.165) is 38.5 Å². The number of ether oxygens (including phenoxy) is 1. The highest BCUT2D eigenvalue weighted by atomic mass is 16.5. The van der Waals surface area contributed by atoms with Gasteiger partial charge in [-0.1, -0.05) is 13.3 Å². The van der Waals surface area contributed by atoms with Crippen LogP contribution in [0, 0.1) is 11.8 Å². The summed E-state index contributed by atoms with van der Waals surface area (Å²) in [6.07, 6.45) is 5.97. The Hall–Kier alpha value is -0.610. The topological polar surface area (TPSA) is 50.4 Å². The number of nitrogens with one attached hydrogen (secondary N) is 2. The SMILES string of the molecule is CCC1CCC(C(=O)NCC2CNCCO2)CC1. The Morgan fingerprint density at radius 2 is 2.11 bits per heavy atom. The summed E-state index contributed by atoms with van der Waals surface area (Å²) >= 11 is 0. The van der Waals surface area contributed by atoms with E-state index < -0.39 is 0 Å². The predicted molar refractivity (Wildman–Crippen MR) is 71.4 cm³/mol. The zero-order chi connectivity index (χ0) is 12.8. The molecule has 1 saturated carbocycles. The monoisotopic (exact) mass is 254 g/mol. The van der Waals surface area contributed by atoms with Crippen LogP contribution in [0.15, 0.2) is 0 Å². The van der Waals surface area contributed by atoms with Gasteiger partial charge < -0.3 is 15.4 Å². The van der Waals surface area contributed by atoms with Crippen LogP contribution in [0.5, 0.6) is 0 Å². The summed E-state index contributed by atoms with van der Waals surface area (Å²) in [4.78, 5) is 12.0. The van der Waals surface area contributed by atoms with Gasteiger partial charge in [0.15, 0.2) is 0 Å². The third-order valence-electron chi connectivity index (χ3n) is 4.30. The van der Waals surface area contributed by atoms with Crippen molar-refractivity contribution in [3.63, 3.8) is 0 Å². The van der Waals surface area contributed by atoms with Crippen molar-refractivity contribution in [2.75, 3.05) is 26.2 Å². The molecule has 1 amide bonds. The van der Waals surface area contributed by atoms with Crippen LogP contribution in [-0.4, -0.2) is 38.3 Å². The van der Waals surface area contributed by atoms with Crippen molar-refractivity contribution in [3.05, 3.63) is 0 Å². The second kappa shape index (κ2) is 7.10. The first-order chi connectivity index (χ1) is 8.79. The first kappa shape index (κ1) is 13.8. The molecule has 4 heteroatoms. The van der Waals surface area contributed by atoms with E-state index in [1.165, 1.54) is 19.3 Å². The lowest BCUT2D eigenvalue weighted by Crippen LogP contribution is -2.46. The molecular weight excluding hydrogens is 228 g/mol. The van der Waals surface area contributed by atoms with Crippen LogP contribution in [0.3, 0.4) is 0 Å². The maximum Gasteiger partial charge on any atom is 0.223 e.